The van der Waals surface area contributed by atoms with E-state index in [4.69, 9.17) is 4.74 Å². The third-order valence-corrected chi connectivity index (χ3v) is 3.44. The molecule has 1 heterocycles. The van der Waals surface area contributed by atoms with Crippen LogP contribution in [-0.2, 0) is 4.74 Å². The van der Waals surface area contributed by atoms with E-state index in [1.807, 2.05) is 13.8 Å². The molecule has 0 aromatic heterocycles. The van der Waals surface area contributed by atoms with Gasteiger partial charge in [0.15, 0.2) is 0 Å². The summed E-state index contributed by atoms with van der Waals surface area (Å²) in [5.74, 6) is 0. The number of nitrogens with zero attached hydrogens (tertiary/aromatic N) is 1. The molecule has 2 N–H and O–H groups in total. The molecular weight excluding hydrogens is 240 g/mol. The maximum absolute atomic E-state index is 9.92. The Bertz CT molecular complexity index is 273. The van der Waals surface area contributed by atoms with Crippen LogP contribution in [0.4, 0.5) is 0 Å². The fourth-order valence-electron chi connectivity index (χ4n) is 2.71. The molecule has 1 rings (SSSR count). The molecule has 0 amide bonds. The Hall–Kier alpha value is -0.160. The van der Waals surface area contributed by atoms with Crippen molar-refractivity contribution in [3.63, 3.8) is 0 Å². The molecule has 0 radical (unpaired) electrons. The Balaban J connectivity index is 2.56. The van der Waals surface area contributed by atoms with Gasteiger partial charge in [0.25, 0.3) is 0 Å². The predicted octanol–water partition coefficient (Wildman–Crippen LogP) is 1.48. The van der Waals surface area contributed by atoms with E-state index in [1.54, 1.807) is 0 Å². The predicted molar refractivity (Wildman–Crippen MR) is 79.4 cm³/mol. The lowest BCUT2D eigenvalue weighted by molar-refractivity contribution is 0.0264. The Labute approximate surface area is 118 Å². The summed E-state index contributed by atoms with van der Waals surface area (Å²) < 4.78 is 5.63. The number of hydrogen-bond donors (Lipinski definition) is 2. The summed E-state index contributed by atoms with van der Waals surface area (Å²) in [6.45, 7) is 14.6. The summed E-state index contributed by atoms with van der Waals surface area (Å²) in [5, 5.41) is 13.5. The first-order chi connectivity index (χ1) is 8.52. The van der Waals surface area contributed by atoms with Gasteiger partial charge in [0.05, 0.1) is 12.2 Å². The van der Waals surface area contributed by atoms with Crippen molar-refractivity contribution in [1.82, 2.24) is 10.2 Å². The molecule has 0 aromatic rings. The monoisotopic (exact) mass is 272 g/mol. The zero-order valence-corrected chi connectivity index (χ0v) is 13.5. The second-order valence-electron chi connectivity index (χ2n) is 7.89. The number of hydrogen-bond acceptors (Lipinski definition) is 4. The van der Waals surface area contributed by atoms with Crippen molar-refractivity contribution < 1.29 is 9.84 Å². The molecule has 4 heteroatoms. The Morgan fingerprint density at radius 1 is 1.26 bits per heavy atom. The third-order valence-electron chi connectivity index (χ3n) is 3.44. The Morgan fingerprint density at radius 3 is 2.32 bits per heavy atom. The first-order valence-corrected chi connectivity index (χ1v) is 7.25. The van der Waals surface area contributed by atoms with E-state index in [-0.39, 0.29) is 11.0 Å². The van der Waals surface area contributed by atoms with Crippen molar-refractivity contribution in [2.24, 2.45) is 5.41 Å². The maximum atomic E-state index is 9.92. The second kappa shape index (κ2) is 6.08. The van der Waals surface area contributed by atoms with Crippen LogP contribution in [0, 0.1) is 5.41 Å². The fraction of sp³-hybridized carbons (Fsp3) is 1.00. The molecule has 1 unspecified atom stereocenters. The molecule has 4 nitrogen and oxygen atoms in total. The molecule has 114 valence electrons. The van der Waals surface area contributed by atoms with Crippen LogP contribution in [-0.4, -0.2) is 61.0 Å². The van der Waals surface area contributed by atoms with Gasteiger partial charge in [0.2, 0.25) is 0 Å². The molecule has 19 heavy (non-hydrogen) atoms. The molecular formula is C15H32N2O2. The number of rotatable bonds is 6. The SMILES string of the molecule is CN(CC(C)(C)O)CC1(CNC(C)(C)C)CCOC1. The highest BCUT2D eigenvalue weighted by Gasteiger charge is 2.37. The third kappa shape index (κ3) is 6.70. The van der Waals surface area contributed by atoms with Crippen molar-refractivity contribution in [3.05, 3.63) is 0 Å². The van der Waals surface area contributed by atoms with Crippen molar-refractivity contribution in [2.75, 3.05) is 39.9 Å². The summed E-state index contributed by atoms with van der Waals surface area (Å²) in [5.41, 5.74) is -0.343. The van der Waals surface area contributed by atoms with Gasteiger partial charge in [-0.1, -0.05) is 0 Å². The smallest absolute Gasteiger partial charge is 0.0718 e. The van der Waals surface area contributed by atoms with Gasteiger partial charge in [-0.15, -0.1) is 0 Å². The second-order valence-corrected chi connectivity index (χ2v) is 7.89. The standard InChI is InChI=1S/C15H32N2O2/c1-13(2,3)16-9-15(7-8-19-12-15)11-17(6)10-14(4,5)18/h16,18H,7-12H2,1-6H3. The number of nitrogens with one attached hydrogen (secondary N) is 1. The summed E-state index contributed by atoms with van der Waals surface area (Å²) >= 11 is 0. The highest BCUT2D eigenvalue weighted by molar-refractivity contribution is 4.90. The van der Waals surface area contributed by atoms with Crippen LogP contribution >= 0.6 is 0 Å². The van der Waals surface area contributed by atoms with E-state index in [0.29, 0.717) is 6.54 Å². The Kier molecular flexibility index (Phi) is 5.41. The highest BCUT2D eigenvalue weighted by atomic mass is 16.5. The van der Waals surface area contributed by atoms with Crippen LogP contribution in [0.15, 0.2) is 0 Å². The Morgan fingerprint density at radius 2 is 1.89 bits per heavy atom. The van der Waals surface area contributed by atoms with Gasteiger partial charge in [0.1, 0.15) is 0 Å². The molecule has 1 aliphatic rings. The average Bonchev–Trinajstić information content (AvgIpc) is 2.60. The molecule has 1 atom stereocenters. The zero-order chi connectivity index (χ0) is 14.7. The first kappa shape index (κ1) is 16.9. The lowest BCUT2D eigenvalue weighted by atomic mass is 9.85. The molecule has 1 fully saturated rings. The van der Waals surface area contributed by atoms with Gasteiger partial charge < -0.3 is 20.1 Å². The lowest BCUT2D eigenvalue weighted by Gasteiger charge is -2.37. The van der Waals surface area contributed by atoms with E-state index >= 15 is 0 Å². The van der Waals surface area contributed by atoms with E-state index in [9.17, 15) is 5.11 Å². The number of likely N-dealkylation sites (N-methyl/N-ethyl adjacent to an activating group) is 1. The van der Waals surface area contributed by atoms with Crippen molar-refractivity contribution in [1.29, 1.82) is 0 Å². The number of aliphatic hydroxyl groups is 1. The van der Waals surface area contributed by atoms with Crippen LogP contribution < -0.4 is 5.32 Å². The van der Waals surface area contributed by atoms with Crippen LogP contribution in [0.3, 0.4) is 0 Å². The lowest BCUT2D eigenvalue weighted by Crippen LogP contribution is -2.50. The van der Waals surface area contributed by atoms with Crippen LogP contribution in [0.1, 0.15) is 41.0 Å². The van der Waals surface area contributed by atoms with E-state index < -0.39 is 5.60 Å². The van der Waals surface area contributed by atoms with Crippen LogP contribution in [0.2, 0.25) is 0 Å². The summed E-state index contributed by atoms with van der Waals surface area (Å²) in [6, 6.07) is 0. The van der Waals surface area contributed by atoms with Crippen molar-refractivity contribution >= 4 is 0 Å². The molecule has 1 aliphatic heterocycles. The molecule has 0 aliphatic carbocycles. The van der Waals surface area contributed by atoms with Crippen molar-refractivity contribution in [2.45, 2.75) is 52.2 Å². The number of ether oxygens (including phenoxy) is 1. The highest BCUT2D eigenvalue weighted by Crippen LogP contribution is 2.29. The minimum atomic E-state index is -0.646. The minimum Gasteiger partial charge on any atom is -0.389 e. The van der Waals surface area contributed by atoms with Crippen molar-refractivity contribution in [3.8, 4) is 0 Å². The molecule has 0 aromatic carbocycles. The first-order valence-electron chi connectivity index (χ1n) is 7.25. The van der Waals surface area contributed by atoms with Gasteiger partial charge in [-0.05, 0) is 48.1 Å². The average molecular weight is 272 g/mol. The largest absolute Gasteiger partial charge is 0.389 e. The fourth-order valence-corrected chi connectivity index (χ4v) is 2.71. The molecule has 1 saturated heterocycles. The van der Waals surface area contributed by atoms with E-state index in [0.717, 1.165) is 32.7 Å². The van der Waals surface area contributed by atoms with Gasteiger partial charge in [-0.3, -0.25) is 0 Å². The summed E-state index contributed by atoms with van der Waals surface area (Å²) in [4.78, 5) is 2.22. The quantitative estimate of drug-likeness (QED) is 0.769. The zero-order valence-electron chi connectivity index (χ0n) is 13.5. The van der Waals surface area contributed by atoms with Gasteiger partial charge >= 0.3 is 0 Å². The van der Waals surface area contributed by atoms with E-state index in [1.165, 1.54) is 0 Å². The van der Waals surface area contributed by atoms with Gasteiger partial charge in [0, 0.05) is 37.2 Å². The van der Waals surface area contributed by atoms with Gasteiger partial charge in [-0.2, -0.15) is 0 Å². The molecule has 0 bridgehead atoms. The summed E-state index contributed by atoms with van der Waals surface area (Å²) in [6.07, 6.45) is 1.09. The van der Waals surface area contributed by atoms with Crippen LogP contribution in [0.25, 0.3) is 0 Å². The summed E-state index contributed by atoms with van der Waals surface area (Å²) in [7, 11) is 2.08. The van der Waals surface area contributed by atoms with E-state index in [2.05, 4.69) is 38.0 Å². The molecule has 0 saturated carbocycles. The van der Waals surface area contributed by atoms with Crippen LogP contribution in [0.5, 0.6) is 0 Å². The topological polar surface area (TPSA) is 44.7 Å². The molecule has 0 spiro atoms. The minimum absolute atomic E-state index is 0.129. The maximum Gasteiger partial charge on any atom is 0.0718 e. The normalized spacial score (nSPS) is 25.3. The van der Waals surface area contributed by atoms with Gasteiger partial charge in [-0.25, -0.2) is 0 Å².